The molecule has 0 bridgehead atoms. The molecule has 2 atom stereocenters. The molecular formula is C20H27N. The van der Waals surface area contributed by atoms with Crippen molar-refractivity contribution in [1.29, 1.82) is 0 Å². The predicted octanol–water partition coefficient (Wildman–Crippen LogP) is 5.43. The van der Waals surface area contributed by atoms with E-state index in [0.717, 1.165) is 6.42 Å². The third-order valence-electron chi connectivity index (χ3n) is 4.02. The first-order valence-electron chi connectivity index (χ1n) is 7.94. The van der Waals surface area contributed by atoms with Gasteiger partial charge in [0, 0.05) is 12.1 Å². The van der Waals surface area contributed by atoms with Crippen LogP contribution in [0.15, 0.2) is 54.6 Å². The third kappa shape index (κ3) is 4.44. The summed E-state index contributed by atoms with van der Waals surface area (Å²) >= 11 is 0. The van der Waals surface area contributed by atoms with E-state index < -0.39 is 0 Å². The van der Waals surface area contributed by atoms with Gasteiger partial charge >= 0.3 is 0 Å². The summed E-state index contributed by atoms with van der Waals surface area (Å²) in [6.45, 7) is 9.03. The molecule has 0 saturated carbocycles. The Morgan fingerprint density at radius 2 is 1.48 bits per heavy atom. The SMILES string of the molecule is Cc1ccccc1[C@@H](C)NC(CC(C)C)c1ccccc1. The molecule has 2 aromatic carbocycles. The summed E-state index contributed by atoms with van der Waals surface area (Å²) in [6, 6.07) is 20.2. The summed E-state index contributed by atoms with van der Waals surface area (Å²) in [5.74, 6) is 0.673. The maximum atomic E-state index is 3.82. The van der Waals surface area contributed by atoms with E-state index in [1.807, 2.05) is 0 Å². The minimum atomic E-state index is 0.357. The Morgan fingerprint density at radius 3 is 2.10 bits per heavy atom. The van der Waals surface area contributed by atoms with Gasteiger partial charge in [-0.05, 0) is 42.9 Å². The van der Waals surface area contributed by atoms with Crippen LogP contribution in [0, 0.1) is 12.8 Å². The van der Waals surface area contributed by atoms with Crippen LogP contribution in [0.5, 0.6) is 0 Å². The first-order chi connectivity index (χ1) is 10.1. The largest absolute Gasteiger partial charge is 0.303 e. The molecule has 0 aliphatic heterocycles. The summed E-state index contributed by atoms with van der Waals surface area (Å²) < 4.78 is 0. The molecule has 0 aromatic heterocycles. The van der Waals surface area contributed by atoms with E-state index in [4.69, 9.17) is 0 Å². The zero-order valence-corrected chi connectivity index (χ0v) is 13.6. The van der Waals surface area contributed by atoms with Crippen molar-refractivity contribution in [3.05, 3.63) is 71.3 Å². The van der Waals surface area contributed by atoms with Crippen molar-refractivity contribution in [3.63, 3.8) is 0 Å². The molecule has 1 heteroatoms. The van der Waals surface area contributed by atoms with Crippen LogP contribution in [0.1, 0.15) is 56.0 Å². The molecule has 0 aliphatic rings. The molecule has 0 spiro atoms. The summed E-state index contributed by atoms with van der Waals surface area (Å²) in [4.78, 5) is 0. The fourth-order valence-corrected chi connectivity index (χ4v) is 2.92. The van der Waals surface area contributed by atoms with Crippen LogP contribution >= 0.6 is 0 Å². The van der Waals surface area contributed by atoms with E-state index >= 15 is 0 Å². The average molecular weight is 281 g/mol. The van der Waals surface area contributed by atoms with Crippen LogP contribution in [0.3, 0.4) is 0 Å². The summed E-state index contributed by atoms with van der Waals surface area (Å²) in [6.07, 6.45) is 1.15. The van der Waals surface area contributed by atoms with Gasteiger partial charge in [-0.25, -0.2) is 0 Å². The first kappa shape index (κ1) is 15.8. The molecule has 0 radical (unpaired) electrons. The highest BCUT2D eigenvalue weighted by molar-refractivity contribution is 5.29. The summed E-state index contributed by atoms with van der Waals surface area (Å²) in [5.41, 5.74) is 4.13. The Morgan fingerprint density at radius 1 is 0.857 bits per heavy atom. The molecule has 0 heterocycles. The second-order valence-electron chi connectivity index (χ2n) is 6.34. The van der Waals surface area contributed by atoms with E-state index in [0.29, 0.717) is 18.0 Å². The number of benzene rings is 2. The molecule has 112 valence electrons. The summed E-state index contributed by atoms with van der Waals surface area (Å²) in [5, 5.41) is 3.82. The lowest BCUT2D eigenvalue weighted by Crippen LogP contribution is -2.26. The van der Waals surface area contributed by atoms with Crippen molar-refractivity contribution in [2.24, 2.45) is 5.92 Å². The van der Waals surface area contributed by atoms with Crippen molar-refractivity contribution < 1.29 is 0 Å². The van der Waals surface area contributed by atoms with Crippen molar-refractivity contribution >= 4 is 0 Å². The predicted molar refractivity (Wildman–Crippen MR) is 91.4 cm³/mol. The fourth-order valence-electron chi connectivity index (χ4n) is 2.92. The van der Waals surface area contributed by atoms with Gasteiger partial charge in [0.25, 0.3) is 0 Å². The van der Waals surface area contributed by atoms with Gasteiger partial charge in [0.1, 0.15) is 0 Å². The van der Waals surface area contributed by atoms with E-state index in [9.17, 15) is 0 Å². The minimum Gasteiger partial charge on any atom is -0.303 e. The number of aryl methyl sites for hydroxylation is 1. The van der Waals surface area contributed by atoms with Crippen LogP contribution in [-0.2, 0) is 0 Å². The van der Waals surface area contributed by atoms with Gasteiger partial charge in [-0.2, -0.15) is 0 Å². The van der Waals surface area contributed by atoms with Crippen LogP contribution in [0.4, 0.5) is 0 Å². The summed E-state index contributed by atoms with van der Waals surface area (Å²) in [7, 11) is 0. The average Bonchev–Trinajstić information content (AvgIpc) is 2.47. The Hall–Kier alpha value is -1.60. The molecule has 1 unspecified atom stereocenters. The van der Waals surface area contributed by atoms with Crippen LogP contribution in [-0.4, -0.2) is 0 Å². The standard InChI is InChI=1S/C20H27N/c1-15(2)14-20(18-11-6-5-7-12-18)21-17(4)19-13-9-8-10-16(19)3/h5-13,15,17,20-21H,14H2,1-4H3/t17-,20?/m1/s1. The molecule has 21 heavy (non-hydrogen) atoms. The van der Waals surface area contributed by atoms with Crippen molar-refractivity contribution in [1.82, 2.24) is 5.32 Å². The zero-order valence-electron chi connectivity index (χ0n) is 13.6. The molecule has 0 saturated heterocycles. The molecule has 2 aromatic rings. The molecule has 0 fully saturated rings. The highest BCUT2D eigenvalue weighted by Gasteiger charge is 2.17. The lowest BCUT2D eigenvalue weighted by atomic mass is 9.94. The van der Waals surface area contributed by atoms with Gasteiger partial charge in [0.15, 0.2) is 0 Å². The molecule has 2 rings (SSSR count). The number of nitrogens with one attached hydrogen (secondary N) is 1. The highest BCUT2D eigenvalue weighted by Crippen LogP contribution is 2.26. The Labute approximate surface area is 129 Å². The maximum Gasteiger partial charge on any atom is 0.0328 e. The van der Waals surface area contributed by atoms with Gasteiger partial charge in [0.05, 0.1) is 0 Å². The number of rotatable bonds is 6. The molecular weight excluding hydrogens is 254 g/mol. The van der Waals surface area contributed by atoms with Crippen molar-refractivity contribution in [3.8, 4) is 0 Å². The van der Waals surface area contributed by atoms with Gasteiger partial charge in [-0.1, -0.05) is 68.4 Å². The normalized spacial score (nSPS) is 14.1. The number of hydrogen-bond donors (Lipinski definition) is 1. The topological polar surface area (TPSA) is 12.0 Å². The van der Waals surface area contributed by atoms with E-state index in [-0.39, 0.29) is 0 Å². The molecule has 1 N–H and O–H groups in total. The third-order valence-corrected chi connectivity index (χ3v) is 4.02. The van der Waals surface area contributed by atoms with Gasteiger partial charge < -0.3 is 5.32 Å². The lowest BCUT2D eigenvalue weighted by molar-refractivity contribution is 0.394. The van der Waals surface area contributed by atoms with Crippen LogP contribution in [0.2, 0.25) is 0 Å². The van der Waals surface area contributed by atoms with Crippen molar-refractivity contribution in [2.45, 2.75) is 46.2 Å². The van der Waals surface area contributed by atoms with Crippen molar-refractivity contribution in [2.75, 3.05) is 0 Å². The molecule has 0 amide bonds. The van der Waals surface area contributed by atoms with Crippen LogP contribution < -0.4 is 5.32 Å². The fraction of sp³-hybridized carbons (Fsp3) is 0.400. The second-order valence-corrected chi connectivity index (χ2v) is 6.34. The second kappa shape index (κ2) is 7.42. The van der Waals surface area contributed by atoms with E-state index in [2.05, 4.69) is 87.6 Å². The molecule has 0 aliphatic carbocycles. The van der Waals surface area contributed by atoms with E-state index in [1.165, 1.54) is 16.7 Å². The lowest BCUT2D eigenvalue weighted by Gasteiger charge is -2.26. The Balaban J connectivity index is 2.17. The number of hydrogen-bond acceptors (Lipinski definition) is 1. The van der Waals surface area contributed by atoms with Gasteiger partial charge in [-0.15, -0.1) is 0 Å². The minimum absolute atomic E-state index is 0.357. The van der Waals surface area contributed by atoms with Crippen LogP contribution in [0.25, 0.3) is 0 Å². The quantitative estimate of drug-likeness (QED) is 0.744. The zero-order chi connectivity index (χ0) is 15.2. The molecule has 1 nitrogen and oxygen atoms in total. The van der Waals surface area contributed by atoms with Gasteiger partial charge in [0.2, 0.25) is 0 Å². The smallest absolute Gasteiger partial charge is 0.0328 e. The maximum absolute atomic E-state index is 3.82. The first-order valence-corrected chi connectivity index (χ1v) is 7.94. The monoisotopic (exact) mass is 281 g/mol. The van der Waals surface area contributed by atoms with Gasteiger partial charge in [-0.3, -0.25) is 0 Å². The Bertz CT molecular complexity index is 545. The Kier molecular flexibility index (Phi) is 5.58. The van der Waals surface area contributed by atoms with E-state index in [1.54, 1.807) is 0 Å². The highest BCUT2D eigenvalue weighted by atomic mass is 14.9.